The summed E-state index contributed by atoms with van der Waals surface area (Å²) in [5.74, 6) is 0.260. The Morgan fingerprint density at radius 3 is 2.44 bits per heavy atom. The topological polar surface area (TPSA) is 12.4 Å². The van der Waals surface area contributed by atoms with Crippen molar-refractivity contribution in [3.63, 3.8) is 0 Å². The molecule has 2 heterocycles. The number of aliphatic imine (C=N–C) groups is 1. The highest BCUT2D eigenvalue weighted by Crippen LogP contribution is 2.52. The average molecular weight is 428 g/mol. The van der Waals surface area contributed by atoms with Gasteiger partial charge in [-0.25, -0.2) is 0 Å². The van der Waals surface area contributed by atoms with Crippen molar-refractivity contribution >= 4 is 43.4 Å². The van der Waals surface area contributed by atoms with Crippen LogP contribution in [0.4, 0.5) is 0 Å². The molecule has 1 aromatic heterocycles. The number of hydrogen-bond acceptors (Lipinski definition) is 2. The summed E-state index contributed by atoms with van der Waals surface area (Å²) >= 11 is 1.86. The van der Waals surface area contributed by atoms with E-state index in [-0.39, 0.29) is 11.3 Å². The molecule has 2 unspecified atom stereocenters. The SMILES string of the molecule is CC12C=NC(c3ccc4sc5ccccc5c4c3)=CC1c1ccccc1-c1ccccc12. The number of fused-ring (bicyclic) bond motifs is 9. The van der Waals surface area contributed by atoms with Crippen molar-refractivity contribution in [3.8, 4) is 11.1 Å². The Labute approximate surface area is 191 Å². The number of allylic oxidation sites excluding steroid dienone is 1. The standard InChI is InChI=1S/C30H21NS/c1-30-18-31-27(19-14-15-29-24(16-19)23-11-5-7-13-28(23)32-29)17-26(30)22-10-3-2-8-20(22)21-9-4-6-12-25(21)30/h2-18,26H,1H3. The third-order valence-corrected chi connectivity index (χ3v) is 8.36. The molecule has 0 fully saturated rings. The van der Waals surface area contributed by atoms with Gasteiger partial charge in [0.1, 0.15) is 0 Å². The maximum absolute atomic E-state index is 5.04. The van der Waals surface area contributed by atoms with E-state index >= 15 is 0 Å². The summed E-state index contributed by atoms with van der Waals surface area (Å²) in [6.07, 6.45) is 4.59. The van der Waals surface area contributed by atoms with Gasteiger partial charge in [0.2, 0.25) is 0 Å². The van der Waals surface area contributed by atoms with Crippen molar-refractivity contribution in [3.05, 3.63) is 114 Å². The van der Waals surface area contributed by atoms with Gasteiger partial charge >= 0.3 is 0 Å². The largest absolute Gasteiger partial charge is 0.260 e. The van der Waals surface area contributed by atoms with Crippen LogP contribution in [-0.4, -0.2) is 6.21 Å². The molecule has 1 nitrogen and oxygen atoms in total. The summed E-state index contributed by atoms with van der Waals surface area (Å²) in [6.45, 7) is 2.33. The van der Waals surface area contributed by atoms with Crippen LogP contribution in [0, 0.1) is 0 Å². The maximum atomic E-state index is 5.04. The lowest BCUT2D eigenvalue weighted by molar-refractivity contribution is 0.567. The van der Waals surface area contributed by atoms with Gasteiger partial charge in [0.25, 0.3) is 0 Å². The van der Waals surface area contributed by atoms with Gasteiger partial charge in [0.05, 0.1) is 5.70 Å². The van der Waals surface area contributed by atoms with Crippen molar-refractivity contribution < 1.29 is 0 Å². The molecule has 5 aromatic rings. The van der Waals surface area contributed by atoms with E-state index in [1.54, 1.807) is 0 Å². The summed E-state index contributed by atoms with van der Waals surface area (Å²) in [4.78, 5) is 5.04. The third kappa shape index (κ3) is 2.42. The number of benzene rings is 4. The lowest BCUT2D eigenvalue weighted by Crippen LogP contribution is -2.36. The van der Waals surface area contributed by atoms with Crippen LogP contribution >= 0.6 is 11.3 Å². The summed E-state index contributed by atoms with van der Waals surface area (Å²) in [5.41, 5.74) is 7.54. The van der Waals surface area contributed by atoms with E-state index in [0.717, 1.165) is 5.70 Å². The quantitative estimate of drug-likeness (QED) is 0.256. The zero-order valence-corrected chi connectivity index (χ0v) is 18.6. The number of rotatable bonds is 1. The Bertz CT molecular complexity index is 1600. The first-order valence-electron chi connectivity index (χ1n) is 11.1. The molecule has 0 amide bonds. The summed E-state index contributed by atoms with van der Waals surface area (Å²) in [6, 6.07) is 33.1. The molecule has 2 aliphatic rings. The minimum Gasteiger partial charge on any atom is -0.260 e. The van der Waals surface area contributed by atoms with Gasteiger partial charge in [0, 0.05) is 43.3 Å². The highest BCUT2D eigenvalue weighted by atomic mass is 32.1. The second-order valence-electron chi connectivity index (χ2n) is 9.01. The fourth-order valence-corrected chi connectivity index (χ4v) is 6.65. The van der Waals surface area contributed by atoms with E-state index < -0.39 is 0 Å². The van der Waals surface area contributed by atoms with E-state index in [1.807, 2.05) is 11.3 Å². The van der Waals surface area contributed by atoms with Crippen molar-refractivity contribution in [2.75, 3.05) is 0 Å². The molecule has 1 aliphatic carbocycles. The normalized spacial score (nSPS) is 21.2. The zero-order valence-electron chi connectivity index (χ0n) is 17.7. The summed E-state index contributed by atoms with van der Waals surface area (Å²) in [7, 11) is 0. The molecule has 0 radical (unpaired) electrons. The molecule has 0 spiro atoms. The van der Waals surface area contributed by atoms with E-state index in [0.29, 0.717) is 0 Å². The van der Waals surface area contributed by atoms with Gasteiger partial charge in [-0.05, 0) is 53.5 Å². The zero-order chi connectivity index (χ0) is 21.3. The molecule has 0 saturated heterocycles. The Morgan fingerprint density at radius 2 is 1.50 bits per heavy atom. The first kappa shape index (κ1) is 18.1. The summed E-state index contributed by atoms with van der Waals surface area (Å²) in [5, 5.41) is 2.65. The molecule has 4 aromatic carbocycles. The fraction of sp³-hybridized carbons (Fsp3) is 0.100. The molecule has 152 valence electrons. The fourth-order valence-electron chi connectivity index (χ4n) is 5.57. The molecule has 0 saturated carbocycles. The molecule has 2 atom stereocenters. The predicted molar refractivity (Wildman–Crippen MR) is 138 cm³/mol. The minimum absolute atomic E-state index is 0.145. The van der Waals surface area contributed by atoms with Crippen molar-refractivity contribution in [1.29, 1.82) is 0 Å². The molecular formula is C30H21NS. The lowest BCUT2D eigenvalue weighted by Gasteiger charge is -2.42. The average Bonchev–Trinajstić information content (AvgIpc) is 3.22. The van der Waals surface area contributed by atoms with Crippen molar-refractivity contribution in [2.24, 2.45) is 4.99 Å². The van der Waals surface area contributed by atoms with Gasteiger partial charge in [-0.2, -0.15) is 0 Å². The van der Waals surface area contributed by atoms with Gasteiger partial charge in [0.15, 0.2) is 0 Å². The van der Waals surface area contributed by atoms with Crippen LogP contribution in [0.5, 0.6) is 0 Å². The van der Waals surface area contributed by atoms with Gasteiger partial charge in [-0.3, -0.25) is 4.99 Å². The van der Waals surface area contributed by atoms with Gasteiger partial charge < -0.3 is 0 Å². The van der Waals surface area contributed by atoms with Crippen LogP contribution in [0.1, 0.15) is 29.5 Å². The number of nitrogens with zero attached hydrogens (tertiary/aromatic N) is 1. The van der Waals surface area contributed by atoms with Gasteiger partial charge in [-0.15, -0.1) is 11.3 Å². The smallest absolute Gasteiger partial charge is 0.0665 e. The predicted octanol–water partition coefficient (Wildman–Crippen LogP) is 8.20. The molecule has 32 heavy (non-hydrogen) atoms. The second kappa shape index (κ2) is 6.51. The van der Waals surface area contributed by atoms with E-state index in [1.165, 1.54) is 48.0 Å². The van der Waals surface area contributed by atoms with Crippen LogP contribution in [0.3, 0.4) is 0 Å². The Kier molecular flexibility index (Phi) is 3.68. The van der Waals surface area contributed by atoms with Crippen LogP contribution in [0.25, 0.3) is 37.0 Å². The monoisotopic (exact) mass is 427 g/mol. The van der Waals surface area contributed by atoms with Gasteiger partial charge in [-0.1, -0.05) is 72.8 Å². The van der Waals surface area contributed by atoms with Crippen molar-refractivity contribution in [2.45, 2.75) is 18.3 Å². The van der Waals surface area contributed by atoms with E-state index in [9.17, 15) is 0 Å². The molecular weight excluding hydrogens is 406 g/mol. The van der Waals surface area contributed by atoms with E-state index in [2.05, 4.69) is 110 Å². The second-order valence-corrected chi connectivity index (χ2v) is 10.1. The van der Waals surface area contributed by atoms with Crippen LogP contribution in [0.2, 0.25) is 0 Å². The van der Waals surface area contributed by atoms with Crippen LogP contribution in [0.15, 0.2) is 102 Å². The van der Waals surface area contributed by atoms with Crippen LogP contribution in [-0.2, 0) is 5.41 Å². The van der Waals surface area contributed by atoms with Crippen LogP contribution < -0.4 is 0 Å². The highest BCUT2D eigenvalue weighted by Gasteiger charge is 2.42. The molecule has 2 heteroatoms. The number of hydrogen-bond donors (Lipinski definition) is 0. The molecule has 0 N–H and O–H groups in total. The summed E-state index contributed by atoms with van der Waals surface area (Å²) < 4.78 is 2.67. The Balaban J connectivity index is 1.42. The Hall–Kier alpha value is -3.49. The first-order valence-corrected chi connectivity index (χ1v) is 11.9. The molecule has 1 aliphatic heterocycles. The lowest BCUT2D eigenvalue weighted by atomic mass is 9.61. The third-order valence-electron chi connectivity index (χ3n) is 7.21. The maximum Gasteiger partial charge on any atom is 0.0665 e. The minimum atomic E-state index is -0.145. The molecule has 7 rings (SSSR count). The van der Waals surface area contributed by atoms with Crippen molar-refractivity contribution in [1.82, 2.24) is 0 Å². The number of thiophene rings is 1. The van der Waals surface area contributed by atoms with E-state index in [4.69, 9.17) is 4.99 Å². The molecule has 0 bridgehead atoms. The first-order chi connectivity index (χ1) is 15.7. The Morgan fingerprint density at radius 1 is 0.750 bits per heavy atom. The highest BCUT2D eigenvalue weighted by molar-refractivity contribution is 7.25.